The number of methoxy groups -OCH3 is 1. The van der Waals surface area contributed by atoms with E-state index in [0.29, 0.717) is 0 Å². The minimum atomic E-state index is 0.879. The molecule has 14 heavy (non-hydrogen) atoms. The molecule has 2 N–H and O–H groups in total. The second-order valence-electron chi connectivity index (χ2n) is 3.26. The third kappa shape index (κ3) is 2.17. The van der Waals surface area contributed by atoms with Crippen LogP contribution in [0.25, 0.3) is 0 Å². The Morgan fingerprint density at radius 1 is 1.29 bits per heavy atom. The zero-order valence-corrected chi connectivity index (χ0v) is 9.27. The fourth-order valence-corrected chi connectivity index (χ4v) is 1.47. The quantitative estimate of drug-likeness (QED) is 0.766. The van der Waals surface area contributed by atoms with Crippen LogP contribution in [0.5, 0.6) is 5.75 Å². The number of benzene rings is 1. The highest BCUT2D eigenvalue weighted by atomic mass is 16.5. The molecule has 0 radical (unpaired) electrons. The van der Waals surface area contributed by atoms with Crippen molar-refractivity contribution >= 4 is 5.69 Å². The normalized spacial score (nSPS) is 10.0. The number of ether oxygens (including phenoxy) is 1. The Bertz CT molecular complexity index is 310. The van der Waals surface area contributed by atoms with Crippen molar-refractivity contribution in [3.05, 3.63) is 23.3 Å². The Kier molecular flexibility index (Phi) is 3.77. The standard InChI is InChI=1S/C11H18N2O/c1-8-5-11(14-4)10(13-3)6-9(8)7-12-2/h5-6,12-13H,7H2,1-4H3. The number of hydrogen-bond acceptors (Lipinski definition) is 3. The van der Waals surface area contributed by atoms with Crippen LogP contribution in [0.4, 0.5) is 5.69 Å². The molecule has 0 spiro atoms. The van der Waals surface area contributed by atoms with Gasteiger partial charge in [-0.2, -0.15) is 0 Å². The van der Waals surface area contributed by atoms with Gasteiger partial charge < -0.3 is 15.4 Å². The molecule has 1 aromatic carbocycles. The molecule has 0 fully saturated rings. The summed E-state index contributed by atoms with van der Waals surface area (Å²) in [6.45, 7) is 2.97. The molecule has 1 rings (SSSR count). The van der Waals surface area contributed by atoms with Crippen molar-refractivity contribution in [2.24, 2.45) is 0 Å². The molecular weight excluding hydrogens is 176 g/mol. The van der Waals surface area contributed by atoms with Gasteiger partial charge >= 0.3 is 0 Å². The lowest BCUT2D eigenvalue weighted by Gasteiger charge is -2.12. The first-order valence-electron chi connectivity index (χ1n) is 4.72. The molecule has 0 amide bonds. The first-order chi connectivity index (χ1) is 6.72. The van der Waals surface area contributed by atoms with Crippen molar-refractivity contribution in [2.75, 3.05) is 26.5 Å². The topological polar surface area (TPSA) is 33.3 Å². The molecule has 0 atom stereocenters. The Labute approximate surface area is 85.5 Å². The molecule has 3 heteroatoms. The molecular formula is C11H18N2O. The molecule has 3 nitrogen and oxygen atoms in total. The van der Waals surface area contributed by atoms with Gasteiger partial charge in [-0.1, -0.05) is 0 Å². The fraction of sp³-hybridized carbons (Fsp3) is 0.455. The Balaban J connectivity index is 3.09. The van der Waals surface area contributed by atoms with E-state index in [2.05, 4.69) is 29.7 Å². The van der Waals surface area contributed by atoms with Gasteiger partial charge in [0, 0.05) is 13.6 Å². The van der Waals surface area contributed by atoms with E-state index in [4.69, 9.17) is 4.74 Å². The number of aryl methyl sites for hydroxylation is 1. The summed E-state index contributed by atoms with van der Waals surface area (Å²) >= 11 is 0. The molecule has 78 valence electrons. The zero-order chi connectivity index (χ0) is 10.6. The second-order valence-corrected chi connectivity index (χ2v) is 3.26. The minimum absolute atomic E-state index is 0.879. The van der Waals surface area contributed by atoms with Gasteiger partial charge in [0.1, 0.15) is 5.75 Å². The van der Waals surface area contributed by atoms with E-state index in [1.165, 1.54) is 11.1 Å². The summed E-state index contributed by atoms with van der Waals surface area (Å²) in [5, 5.41) is 6.26. The van der Waals surface area contributed by atoms with E-state index in [1.54, 1.807) is 7.11 Å². The van der Waals surface area contributed by atoms with E-state index in [1.807, 2.05) is 14.1 Å². The molecule has 0 aliphatic rings. The molecule has 0 saturated carbocycles. The summed E-state index contributed by atoms with van der Waals surface area (Å²) in [6, 6.07) is 4.17. The van der Waals surface area contributed by atoms with Gasteiger partial charge in [-0.3, -0.25) is 0 Å². The maximum atomic E-state index is 5.27. The van der Waals surface area contributed by atoms with Crippen LogP contribution in [-0.2, 0) is 6.54 Å². The van der Waals surface area contributed by atoms with Crippen molar-refractivity contribution < 1.29 is 4.74 Å². The summed E-state index contributed by atoms with van der Waals surface area (Å²) in [5.41, 5.74) is 3.57. The molecule has 0 heterocycles. The van der Waals surface area contributed by atoms with Crippen LogP contribution in [0.15, 0.2) is 12.1 Å². The highest BCUT2D eigenvalue weighted by Gasteiger charge is 2.05. The average Bonchev–Trinajstić information content (AvgIpc) is 2.20. The highest BCUT2D eigenvalue weighted by Crippen LogP contribution is 2.27. The lowest BCUT2D eigenvalue weighted by atomic mass is 10.1. The van der Waals surface area contributed by atoms with Gasteiger partial charge in [0.25, 0.3) is 0 Å². The van der Waals surface area contributed by atoms with Gasteiger partial charge in [-0.25, -0.2) is 0 Å². The Morgan fingerprint density at radius 2 is 2.00 bits per heavy atom. The summed E-state index contributed by atoms with van der Waals surface area (Å²) in [4.78, 5) is 0. The number of hydrogen-bond donors (Lipinski definition) is 2. The lowest BCUT2D eigenvalue weighted by molar-refractivity contribution is 0.416. The predicted octanol–water partition coefficient (Wildman–Crippen LogP) is 1.76. The third-order valence-corrected chi connectivity index (χ3v) is 2.29. The summed E-state index contributed by atoms with van der Waals surface area (Å²) in [7, 11) is 5.53. The largest absolute Gasteiger partial charge is 0.495 e. The molecule has 0 aliphatic heterocycles. The van der Waals surface area contributed by atoms with Crippen LogP contribution in [-0.4, -0.2) is 21.2 Å². The number of anilines is 1. The van der Waals surface area contributed by atoms with E-state index in [0.717, 1.165) is 18.0 Å². The van der Waals surface area contributed by atoms with Crippen molar-refractivity contribution in [3.8, 4) is 5.75 Å². The van der Waals surface area contributed by atoms with E-state index >= 15 is 0 Å². The van der Waals surface area contributed by atoms with Gasteiger partial charge in [0.05, 0.1) is 12.8 Å². The van der Waals surface area contributed by atoms with E-state index in [9.17, 15) is 0 Å². The number of rotatable bonds is 4. The van der Waals surface area contributed by atoms with Crippen LogP contribution in [0.3, 0.4) is 0 Å². The van der Waals surface area contributed by atoms with Gasteiger partial charge in [0.2, 0.25) is 0 Å². The van der Waals surface area contributed by atoms with Crippen molar-refractivity contribution in [3.63, 3.8) is 0 Å². The van der Waals surface area contributed by atoms with Gasteiger partial charge in [-0.15, -0.1) is 0 Å². The second kappa shape index (κ2) is 4.86. The van der Waals surface area contributed by atoms with Crippen LogP contribution in [0, 0.1) is 6.92 Å². The monoisotopic (exact) mass is 194 g/mol. The molecule has 0 aliphatic carbocycles. The molecule has 0 unspecified atom stereocenters. The Hall–Kier alpha value is -1.22. The first-order valence-corrected chi connectivity index (χ1v) is 4.72. The van der Waals surface area contributed by atoms with Crippen molar-refractivity contribution in [2.45, 2.75) is 13.5 Å². The highest BCUT2D eigenvalue weighted by molar-refractivity contribution is 5.59. The predicted molar refractivity (Wildman–Crippen MR) is 60.0 cm³/mol. The minimum Gasteiger partial charge on any atom is -0.495 e. The van der Waals surface area contributed by atoms with Gasteiger partial charge in [0.15, 0.2) is 0 Å². The molecule has 0 aromatic heterocycles. The van der Waals surface area contributed by atoms with Crippen molar-refractivity contribution in [1.29, 1.82) is 0 Å². The smallest absolute Gasteiger partial charge is 0.142 e. The summed E-state index contributed by atoms with van der Waals surface area (Å²) in [6.07, 6.45) is 0. The van der Waals surface area contributed by atoms with E-state index < -0.39 is 0 Å². The summed E-state index contributed by atoms with van der Waals surface area (Å²) in [5.74, 6) is 0.893. The van der Waals surface area contributed by atoms with Crippen molar-refractivity contribution in [1.82, 2.24) is 5.32 Å². The molecule has 0 bridgehead atoms. The van der Waals surface area contributed by atoms with Crippen LogP contribution in [0.2, 0.25) is 0 Å². The van der Waals surface area contributed by atoms with Crippen LogP contribution in [0.1, 0.15) is 11.1 Å². The SMILES string of the molecule is CNCc1cc(NC)c(OC)cc1C. The van der Waals surface area contributed by atoms with Gasteiger partial charge in [-0.05, 0) is 37.2 Å². The first kappa shape index (κ1) is 10.9. The van der Waals surface area contributed by atoms with Crippen LogP contribution < -0.4 is 15.4 Å². The summed E-state index contributed by atoms with van der Waals surface area (Å²) < 4.78 is 5.27. The molecule has 0 saturated heterocycles. The molecule has 1 aromatic rings. The maximum Gasteiger partial charge on any atom is 0.142 e. The lowest BCUT2D eigenvalue weighted by Crippen LogP contribution is -2.07. The van der Waals surface area contributed by atoms with Crippen LogP contribution >= 0.6 is 0 Å². The maximum absolute atomic E-state index is 5.27. The zero-order valence-electron chi connectivity index (χ0n) is 9.27. The Morgan fingerprint density at radius 3 is 2.50 bits per heavy atom. The number of nitrogens with one attached hydrogen (secondary N) is 2. The fourth-order valence-electron chi connectivity index (χ4n) is 1.47. The average molecular weight is 194 g/mol. The van der Waals surface area contributed by atoms with E-state index in [-0.39, 0.29) is 0 Å². The third-order valence-electron chi connectivity index (χ3n) is 2.29.